The Morgan fingerprint density at radius 1 is 0.861 bits per heavy atom. The molecule has 0 fully saturated rings. The van der Waals surface area contributed by atoms with E-state index in [0.717, 1.165) is 29.2 Å². The molecule has 0 saturated heterocycles. The molecule has 200 valence electrons. The molecule has 0 aliphatic rings. The van der Waals surface area contributed by atoms with Crippen molar-refractivity contribution in [1.82, 2.24) is 4.90 Å². The van der Waals surface area contributed by atoms with Gasteiger partial charge in [-0.3, -0.25) is 4.79 Å². The molecule has 0 spiro atoms. The van der Waals surface area contributed by atoms with Crippen LogP contribution in [0.1, 0.15) is 41.8 Å². The molecule has 2 aromatic carbocycles. The first-order chi connectivity index (χ1) is 16.1. The predicted molar refractivity (Wildman–Crippen MR) is 119 cm³/mol. The Morgan fingerprint density at radius 2 is 1.39 bits per heavy atom. The maximum Gasteiger partial charge on any atom is 0.416 e. The third-order valence-electron chi connectivity index (χ3n) is 5.53. The van der Waals surface area contributed by atoms with Gasteiger partial charge < -0.3 is 4.90 Å². The number of carbonyl (C=O) groups excluding carboxylic acids is 1. The first kappa shape index (κ1) is 29.6. The van der Waals surface area contributed by atoms with Gasteiger partial charge in [0.05, 0.1) is 31.2 Å². The van der Waals surface area contributed by atoms with E-state index >= 15 is 0 Å². The van der Waals surface area contributed by atoms with Gasteiger partial charge in [0.25, 0.3) is 5.91 Å². The van der Waals surface area contributed by atoms with E-state index in [9.17, 15) is 48.0 Å². The number of benzene rings is 2. The second-order valence-electron chi connectivity index (χ2n) is 8.75. The third-order valence-corrected chi connectivity index (χ3v) is 9.20. The molecule has 0 bridgehead atoms. The first-order valence-corrected chi connectivity index (χ1v) is 13.5. The van der Waals surface area contributed by atoms with Crippen LogP contribution < -0.4 is 0 Å². The minimum Gasteiger partial charge on any atom is -0.342 e. The van der Waals surface area contributed by atoms with E-state index in [4.69, 9.17) is 0 Å². The van der Waals surface area contributed by atoms with Crippen LogP contribution in [0.4, 0.5) is 26.3 Å². The highest BCUT2D eigenvalue weighted by molar-refractivity contribution is 7.92. The van der Waals surface area contributed by atoms with Crippen LogP contribution in [0.2, 0.25) is 0 Å². The number of amides is 1. The smallest absolute Gasteiger partial charge is 0.342 e. The van der Waals surface area contributed by atoms with Gasteiger partial charge >= 0.3 is 12.4 Å². The monoisotopic (exact) mass is 559 g/mol. The molecular weight excluding hydrogens is 536 g/mol. The summed E-state index contributed by atoms with van der Waals surface area (Å²) in [6.45, 7) is 2.20. The van der Waals surface area contributed by atoms with Crippen molar-refractivity contribution < 1.29 is 48.0 Å². The number of sulfone groups is 2. The summed E-state index contributed by atoms with van der Waals surface area (Å²) in [4.78, 5) is 12.4. The van der Waals surface area contributed by atoms with E-state index in [1.54, 1.807) is 0 Å². The van der Waals surface area contributed by atoms with Crippen molar-refractivity contribution in [3.63, 3.8) is 0 Å². The van der Waals surface area contributed by atoms with Gasteiger partial charge in [-0.15, -0.1) is 0 Å². The van der Waals surface area contributed by atoms with E-state index in [1.165, 1.54) is 20.9 Å². The van der Waals surface area contributed by atoms with Gasteiger partial charge in [-0.05, 0) is 56.7 Å². The van der Waals surface area contributed by atoms with Crippen LogP contribution in [-0.2, 0) is 32.0 Å². The van der Waals surface area contributed by atoms with E-state index in [1.807, 2.05) is 0 Å². The third kappa shape index (κ3) is 6.38. The van der Waals surface area contributed by atoms with Crippen LogP contribution in [0.5, 0.6) is 0 Å². The van der Waals surface area contributed by atoms with Gasteiger partial charge in [0.1, 0.15) is 0 Å². The maximum absolute atomic E-state index is 13.0. The molecule has 0 heterocycles. The molecule has 0 radical (unpaired) electrons. The minimum absolute atomic E-state index is 0.275. The number of halogens is 6. The van der Waals surface area contributed by atoms with Crippen molar-refractivity contribution in [2.75, 3.05) is 19.8 Å². The summed E-state index contributed by atoms with van der Waals surface area (Å²) in [6.07, 6.45) is -9.25. The SMILES string of the molecule is CN(CCC(C)(C)S(=O)(=O)c1cccc(C(F)(F)F)c1)C(=O)c1ccc(C(F)(F)F)cc1S(C)(=O)=O. The number of alkyl halides is 6. The Morgan fingerprint density at radius 3 is 1.89 bits per heavy atom. The van der Waals surface area contributed by atoms with Crippen LogP contribution >= 0.6 is 0 Å². The average Bonchev–Trinajstić information content (AvgIpc) is 2.74. The number of nitrogens with zero attached hydrogens (tertiary/aromatic N) is 1. The van der Waals surface area contributed by atoms with Crippen LogP contribution in [0.25, 0.3) is 0 Å². The largest absolute Gasteiger partial charge is 0.416 e. The van der Waals surface area contributed by atoms with Crippen LogP contribution in [-0.4, -0.2) is 52.2 Å². The van der Waals surface area contributed by atoms with Crippen molar-refractivity contribution >= 4 is 25.6 Å². The summed E-state index contributed by atoms with van der Waals surface area (Å²) < 4.78 is 127. The minimum atomic E-state index is -4.85. The van der Waals surface area contributed by atoms with Crippen LogP contribution in [0, 0.1) is 0 Å². The molecule has 0 aliphatic carbocycles. The lowest BCUT2D eigenvalue weighted by Crippen LogP contribution is -2.38. The van der Waals surface area contributed by atoms with E-state index < -0.39 is 69.2 Å². The number of rotatable bonds is 7. The van der Waals surface area contributed by atoms with Crippen molar-refractivity contribution in [2.45, 2.75) is 47.2 Å². The summed E-state index contributed by atoms with van der Waals surface area (Å²) >= 11 is 0. The summed E-state index contributed by atoms with van der Waals surface area (Å²) in [7, 11) is -7.37. The van der Waals surface area contributed by atoms with Crippen molar-refractivity contribution in [3.8, 4) is 0 Å². The Bertz CT molecular complexity index is 1360. The number of hydrogen-bond donors (Lipinski definition) is 0. The maximum atomic E-state index is 13.0. The molecule has 0 aliphatic heterocycles. The summed E-state index contributed by atoms with van der Waals surface area (Å²) in [5.41, 5.74) is -2.95. The molecule has 1 amide bonds. The zero-order valence-electron chi connectivity index (χ0n) is 19.5. The molecule has 0 unspecified atom stereocenters. The first-order valence-electron chi connectivity index (χ1n) is 10.2. The highest BCUT2D eigenvalue weighted by Crippen LogP contribution is 2.35. The Hall–Kier alpha value is -2.61. The fourth-order valence-electron chi connectivity index (χ4n) is 3.22. The molecule has 2 rings (SSSR count). The Kier molecular flexibility index (Phi) is 7.97. The Labute approximate surface area is 204 Å². The number of carbonyl (C=O) groups is 1. The quantitative estimate of drug-likeness (QED) is 0.453. The van der Waals surface area contributed by atoms with Crippen molar-refractivity contribution in [2.24, 2.45) is 0 Å². The molecule has 0 atom stereocenters. The lowest BCUT2D eigenvalue weighted by atomic mass is 10.1. The average molecular weight is 560 g/mol. The highest BCUT2D eigenvalue weighted by atomic mass is 32.2. The lowest BCUT2D eigenvalue weighted by molar-refractivity contribution is -0.138. The molecule has 2 aromatic rings. The van der Waals surface area contributed by atoms with Gasteiger partial charge in [-0.1, -0.05) is 6.07 Å². The molecule has 0 saturated carbocycles. The summed E-state index contributed by atoms with van der Waals surface area (Å²) in [5.74, 6) is -0.976. The van der Waals surface area contributed by atoms with Crippen LogP contribution in [0.3, 0.4) is 0 Å². The predicted octanol–water partition coefficient (Wildman–Crippen LogP) is 4.84. The normalized spacial score (nSPS) is 13.5. The fourth-order valence-corrected chi connectivity index (χ4v) is 5.65. The fraction of sp³-hybridized carbons (Fsp3) is 0.409. The molecule has 0 aromatic heterocycles. The second kappa shape index (κ2) is 9.69. The van der Waals surface area contributed by atoms with Crippen LogP contribution in [0.15, 0.2) is 52.3 Å². The van der Waals surface area contributed by atoms with Gasteiger partial charge in [-0.25, -0.2) is 16.8 Å². The standard InChI is InChI=1S/C22H23F6NO5S2/c1-20(2,36(33,34)16-7-5-6-14(12-16)21(23,24)25)10-11-29(3)19(30)17-9-8-15(22(26,27)28)13-18(17)35(4,31)32/h5-9,12-13H,10-11H2,1-4H3. The zero-order chi connectivity index (χ0) is 27.9. The van der Waals surface area contributed by atoms with Gasteiger partial charge in [0, 0.05) is 19.8 Å². The molecule has 36 heavy (non-hydrogen) atoms. The zero-order valence-corrected chi connectivity index (χ0v) is 21.2. The summed E-state index contributed by atoms with van der Waals surface area (Å²) in [6, 6.07) is 4.83. The van der Waals surface area contributed by atoms with Gasteiger partial charge in [0.2, 0.25) is 0 Å². The van der Waals surface area contributed by atoms with Gasteiger partial charge in [-0.2, -0.15) is 26.3 Å². The van der Waals surface area contributed by atoms with Crippen molar-refractivity contribution in [1.29, 1.82) is 0 Å². The second-order valence-corrected chi connectivity index (χ2v) is 13.3. The molecule has 0 N–H and O–H groups in total. The van der Waals surface area contributed by atoms with Crippen molar-refractivity contribution in [3.05, 3.63) is 59.2 Å². The molecule has 6 nitrogen and oxygen atoms in total. The van der Waals surface area contributed by atoms with E-state index in [2.05, 4.69) is 0 Å². The summed E-state index contributed by atoms with van der Waals surface area (Å²) in [5, 5.41) is 0. The molecule has 14 heteroatoms. The lowest BCUT2D eigenvalue weighted by Gasteiger charge is -2.28. The molecular formula is C22H23F6NO5S2. The van der Waals surface area contributed by atoms with E-state index in [0.29, 0.717) is 24.5 Å². The highest BCUT2D eigenvalue weighted by Gasteiger charge is 2.39. The Balaban J connectivity index is 2.32. The van der Waals surface area contributed by atoms with E-state index in [-0.39, 0.29) is 13.0 Å². The van der Waals surface area contributed by atoms with Gasteiger partial charge in [0.15, 0.2) is 19.7 Å². The number of hydrogen-bond acceptors (Lipinski definition) is 5. The topological polar surface area (TPSA) is 88.6 Å².